The third-order valence-electron chi connectivity index (χ3n) is 3.58. The molecule has 2 aromatic carbocycles. The second kappa shape index (κ2) is 7.65. The van der Waals surface area contributed by atoms with Crippen molar-refractivity contribution in [3.63, 3.8) is 0 Å². The van der Waals surface area contributed by atoms with E-state index in [1.165, 1.54) is 16.7 Å². The van der Waals surface area contributed by atoms with Crippen LogP contribution in [0.1, 0.15) is 29.7 Å². The number of rotatable bonds is 7. The lowest BCUT2D eigenvalue weighted by Crippen LogP contribution is -2.19. The first-order valence-corrected chi connectivity index (χ1v) is 7.33. The fourth-order valence-corrected chi connectivity index (χ4v) is 2.39. The third-order valence-corrected chi connectivity index (χ3v) is 3.58. The minimum atomic E-state index is 0.304. The topological polar surface area (TPSA) is 21.3 Å². The summed E-state index contributed by atoms with van der Waals surface area (Å²) in [5.41, 5.74) is 3.82. The predicted molar refractivity (Wildman–Crippen MR) is 88.6 cm³/mol. The maximum atomic E-state index is 5.69. The molecule has 0 aromatic heterocycles. The first-order valence-electron chi connectivity index (χ1n) is 7.33. The molecule has 0 aliphatic heterocycles. The van der Waals surface area contributed by atoms with Crippen LogP contribution in [-0.2, 0) is 6.54 Å². The first kappa shape index (κ1) is 15.3. The van der Waals surface area contributed by atoms with Crippen LogP contribution in [0.2, 0.25) is 0 Å². The molecule has 110 valence electrons. The fraction of sp³-hybridized carbons (Fsp3) is 0.263. The molecule has 0 bridgehead atoms. The summed E-state index contributed by atoms with van der Waals surface area (Å²) in [5.74, 6) is 0.918. The third kappa shape index (κ3) is 4.20. The van der Waals surface area contributed by atoms with E-state index < -0.39 is 0 Å². The summed E-state index contributed by atoms with van der Waals surface area (Å²) >= 11 is 0. The minimum absolute atomic E-state index is 0.304. The number of nitrogens with one attached hydrogen (secondary N) is 1. The van der Waals surface area contributed by atoms with Crippen LogP contribution in [0.5, 0.6) is 5.75 Å². The Balaban J connectivity index is 2.03. The molecule has 0 spiro atoms. The second-order valence-corrected chi connectivity index (χ2v) is 5.17. The van der Waals surface area contributed by atoms with Gasteiger partial charge in [-0.25, -0.2) is 0 Å². The molecule has 1 N–H and O–H groups in total. The summed E-state index contributed by atoms with van der Waals surface area (Å²) in [6, 6.07) is 16.9. The number of benzene rings is 2. The Morgan fingerprint density at radius 3 is 2.62 bits per heavy atom. The van der Waals surface area contributed by atoms with E-state index >= 15 is 0 Å². The molecule has 2 aromatic rings. The molecular weight excluding hydrogens is 258 g/mol. The number of hydrogen-bond donors (Lipinski definition) is 1. The van der Waals surface area contributed by atoms with Gasteiger partial charge in [-0.15, -0.1) is 0 Å². The SMILES string of the molecule is C=CCOc1ccccc1CN[C@H](C)c1ccccc1C. The molecule has 0 saturated heterocycles. The average molecular weight is 281 g/mol. The van der Waals surface area contributed by atoms with Gasteiger partial charge < -0.3 is 10.1 Å². The Morgan fingerprint density at radius 2 is 1.86 bits per heavy atom. The Hall–Kier alpha value is -2.06. The van der Waals surface area contributed by atoms with E-state index in [2.05, 4.69) is 56.1 Å². The maximum absolute atomic E-state index is 5.69. The molecule has 0 aliphatic rings. The highest BCUT2D eigenvalue weighted by molar-refractivity contribution is 5.34. The van der Waals surface area contributed by atoms with Crippen LogP contribution in [0.4, 0.5) is 0 Å². The van der Waals surface area contributed by atoms with Crippen molar-refractivity contribution in [2.24, 2.45) is 0 Å². The van der Waals surface area contributed by atoms with Crippen molar-refractivity contribution >= 4 is 0 Å². The van der Waals surface area contributed by atoms with Crippen molar-refractivity contribution in [2.75, 3.05) is 6.61 Å². The Morgan fingerprint density at radius 1 is 1.14 bits per heavy atom. The number of hydrogen-bond acceptors (Lipinski definition) is 2. The molecule has 0 radical (unpaired) electrons. The van der Waals surface area contributed by atoms with Crippen molar-refractivity contribution in [3.8, 4) is 5.75 Å². The molecule has 1 atom stereocenters. The van der Waals surface area contributed by atoms with E-state index in [9.17, 15) is 0 Å². The molecule has 2 heteroatoms. The monoisotopic (exact) mass is 281 g/mol. The molecule has 21 heavy (non-hydrogen) atoms. The summed E-state index contributed by atoms with van der Waals surface area (Å²) in [6.45, 7) is 9.34. The van der Waals surface area contributed by atoms with Gasteiger partial charge >= 0.3 is 0 Å². The zero-order valence-corrected chi connectivity index (χ0v) is 12.8. The first-order chi connectivity index (χ1) is 10.2. The quantitative estimate of drug-likeness (QED) is 0.759. The normalized spacial score (nSPS) is 11.9. The van der Waals surface area contributed by atoms with Gasteiger partial charge in [-0.2, -0.15) is 0 Å². The highest BCUT2D eigenvalue weighted by Gasteiger charge is 2.09. The van der Waals surface area contributed by atoms with Gasteiger partial charge in [-0.05, 0) is 31.0 Å². The van der Waals surface area contributed by atoms with E-state index in [1.807, 2.05) is 18.2 Å². The molecule has 0 amide bonds. The van der Waals surface area contributed by atoms with E-state index in [0.717, 1.165) is 12.3 Å². The highest BCUT2D eigenvalue weighted by Crippen LogP contribution is 2.21. The fourth-order valence-electron chi connectivity index (χ4n) is 2.39. The van der Waals surface area contributed by atoms with E-state index in [0.29, 0.717) is 12.6 Å². The van der Waals surface area contributed by atoms with Gasteiger partial charge in [0.25, 0.3) is 0 Å². The Kier molecular flexibility index (Phi) is 5.59. The molecule has 0 heterocycles. The summed E-state index contributed by atoms with van der Waals surface area (Å²) in [4.78, 5) is 0. The number of aryl methyl sites for hydroxylation is 1. The molecule has 2 nitrogen and oxygen atoms in total. The van der Waals surface area contributed by atoms with E-state index in [1.54, 1.807) is 6.08 Å². The van der Waals surface area contributed by atoms with Crippen molar-refractivity contribution in [1.82, 2.24) is 5.32 Å². The van der Waals surface area contributed by atoms with Gasteiger partial charge in [0, 0.05) is 18.2 Å². The summed E-state index contributed by atoms with van der Waals surface area (Å²) in [7, 11) is 0. The summed E-state index contributed by atoms with van der Waals surface area (Å²) < 4.78 is 5.69. The van der Waals surface area contributed by atoms with Gasteiger partial charge in [0.1, 0.15) is 12.4 Å². The van der Waals surface area contributed by atoms with E-state index in [-0.39, 0.29) is 0 Å². The minimum Gasteiger partial charge on any atom is -0.489 e. The van der Waals surface area contributed by atoms with Crippen molar-refractivity contribution in [3.05, 3.63) is 77.9 Å². The van der Waals surface area contributed by atoms with Crippen LogP contribution < -0.4 is 10.1 Å². The van der Waals surface area contributed by atoms with Crippen LogP contribution in [0, 0.1) is 6.92 Å². The van der Waals surface area contributed by atoms with Gasteiger partial charge in [0.2, 0.25) is 0 Å². The number of ether oxygens (including phenoxy) is 1. The molecule has 0 fully saturated rings. The smallest absolute Gasteiger partial charge is 0.124 e. The predicted octanol–water partition coefficient (Wildman–Crippen LogP) is 4.41. The number of para-hydroxylation sites is 1. The average Bonchev–Trinajstić information content (AvgIpc) is 2.52. The zero-order chi connectivity index (χ0) is 15.1. The van der Waals surface area contributed by atoms with Crippen molar-refractivity contribution in [2.45, 2.75) is 26.4 Å². The van der Waals surface area contributed by atoms with Crippen LogP contribution in [0.15, 0.2) is 61.2 Å². The van der Waals surface area contributed by atoms with Crippen molar-refractivity contribution in [1.29, 1.82) is 0 Å². The van der Waals surface area contributed by atoms with Crippen molar-refractivity contribution < 1.29 is 4.74 Å². The van der Waals surface area contributed by atoms with Crippen LogP contribution >= 0.6 is 0 Å². The lowest BCUT2D eigenvalue weighted by Gasteiger charge is -2.18. The maximum Gasteiger partial charge on any atom is 0.124 e. The molecule has 0 saturated carbocycles. The second-order valence-electron chi connectivity index (χ2n) is 5.17. The Labute approximate surface area is 127 Å². The molecule has 0 unspecified atom stereocenters. The molecule has 0 aliphatic carbocycles. The van der Waals surface area contributed by atoms with Gasteiger partial charge in [0.15, 0.2) is 0 Å². The Bertz CT molecular complexity index is 592. The van der Waals surface area contributed by atoms with E-state index in [4.69, 9.17) is 4.74 Å². The van der Waals surface area contributed by atoms with Gasteiger partial charge in [0.05, 0.1) is 0 Å². The molecule has 2 rings (SSSR count). The van der Waals surface area contributed by atoms with Crippen LogP contribution in [0.25, 0.3) is 0 Å². The highest BCUT2D eigenvalue weighted by atomic mass is 16.5. The standard InChI is InChI=1S/C19H23NO/c1-4-13-21-19-12-8-6-10-17(19)14-20-16(3)18-11-7-5-9-15(18)2/h4-12,16,20H,1,13-14H2,2-3H3/t16-/m1/s1. The summed E-state index contributed by atoms with van der Waals surface area (Å²) in [6.07, 6.45) is 1.76. The molecular formula is C19H23NO. The zero-order valence-electron chi connectivity index (χ0n) is 12.8. The lowest BCUT2D eigenvalue weighted by molar-refractivity contribution is 0.357. The summed E-state index contributed by atoms with van der Waals surface area (Å²) in [5, 5.41) is 3.57. The van der Waals surface area contributed by atoms with Gasteiger partial charge in [-0.3, -0.25) is 0 Å². The lowest BCUT2D eigenvalue weighted by atomic mass is 10.0. The van der Waals surface area contributed by atoms with Gasteiger partial charge in [-0.1, -0.05) is 55.1 Å². The van der Waals surface area contributed by atoms with Crippen LogP contribution in [0.3, 0.4) is 0 Å². The largest absolute Gasteiger partial charge is 0.489 e. The van der Waals surface area contributed by atoms with Crippen LogP contribution in [-0.4, -0.2) is 6.61 Å².